The van der Waals surface area contributed by atoms with Crippen LogP contribution in [0.15, 0.2) is 54.7 Å². The standard InChI is InChI=1S/C29H34N6O5S/c1-5-40-27-25-20(2)18-35(41(37,38)19-21-9-7-6-8-10-21)26(25)31-29(32-27)30-23-12-11-22(17-24(23)39-4)28(36)34-15-13-33(3)14-16-34/h6-12,17-18H,5,13-16,19H2,1-4H3,(H,30,31,32). The van der Waals surface area contributed by atoms with Gasteiger partial charge in [-0.15, -0.1) is 0 Å². The van der Waals surface area contributed by atoms with Crippen molar-refractivity contribution in [1.29, 1.82) is 0 Å². The van der Waals surface area contributed by atoms with Crippen molar-refractivity contribution in [3.8, 4) is 11.6 Å². The van der Waals surface area contributed by atoms with E-state index in [1.807, 2.05) is 24.9 Å². The number of nitrogens with zero attached hydrogens (tertiary/aromatic N) is 5. The average molecular weight is 579 g/mol. The van der Waals surface area contributed by atoms with Gasteiger partial charge in [0, 0.05) is 37.9 Å². The minimum Gasteiger partial charge on any atom is -0.495 e. The Labute approximate surface area is 239 Å². The molecule has 1 amide bonds. The van der Waals surface area contributed by atoms with Crippen LogP contribution in [0.25, 0.3) is 11.0 Å². The monoisotopic (exact) mass is 578 g/mol. The Morgan fingerprint density at radius 2 is 1.78 bits per heavy atom. The molecule has 12 heteroatoms. The molecule has 11 nitrogen and oxygen atoms in total. The van der Waals surface area contributed by atoms with Crippen LogP contribution in [0, 0.1) is 6.92 Å². The van der Waals surface area contributed by atoms with Crippen LogP contribution in [0.1, 0.15) is 28.4 Å². The number of likely N-dealkylation sites (N-methyl/N-ethyl adjacent to an activating group) is 1. The van der Waals surface area contributed by atoms with Gasteiger partial charge in [-0.25, -0.2) is 12.4 Å². The summed E-state index contributed by atoms with van der Waals surface area (Å²) in [5, 5.41) is 3.66. The lowest BCUT2D eigenvalue weighted by molar-refractivity contribution is 0.0664. The summed E-state index contributed by atoms with van der Waals surface area (Å²) in [5.74, 6) is 0.578. The van der Waals surface area contributed by atoms with Crippen LogP contribution in [0.2, 0.25) is 0 Å². The van der Waals surface area contributed by atoms with E-state index in [0.717, 1.165) is 13.1 Å². The molecule has 216 valence electrons. The van der Waals surface area contributed by atoms with Crippen LogP contribution in [0.4, 0.5) is 11.6 Å². The summed E-state index contributed by atoms with van der Waals surface area (Å²) >= 11 is 0. The highest BCUT2D eigenvalue weighted by atomic mass is 32.2. The van der Waals surface area contributed by atoms with Gasteiger partial charge < -0.3 is 24.6 Å². The minimum atomic E-state index is -3.81. The van der Waals surface area contributed by atoms with Crippen molar-refractivity contribution < 1.29 is 22.7 Å². The van der Waals surface area contributed by atoms with E-state index in [9.17, 15) is 13.2 Å². The number of nitrogens with one attached hydrogen (secondary N) is 1. The van der Waals surface area contributed by atoms with Crippen molar-refractivity contribution in [1.82, 2.24) is 23.7 Å². The summed E-state index contributed by atoms with van der Waals surface area (Å²) in [6, 6.07) is 14.1. The first kappa shape index (κ1) is 28.4. The number of benzene rings is 2. The number of methoxy groups -OCH3 is 1. The summed E-state index contributed by atoms with van der Waals surface area (Å²) in [4.78, 5) is 26.3. The highest BCUT2D eigenvalue weighted by molar-refractivity contribution is 7.89. The molecule has 1 aliphatic rings. The Balaban J connectivity index is 1.50. The molecular weight excluding hydrogens is 544 g/mol. The average Bonchev–Trinajstić information content (AvgIpc) is 3.31. The third-order valence-corrected chi connectivity index (χ3v) is 8.60. The molecule has 41 heavy (non-hydrogen) atoms. The molecular formula is C29H34N6O5S. The molecule has 1 aliphatic heterocycles. The molecule has 5 rings (SSSR count). The Morgan fingerprint density at radius 1 is 1.05 bits per heavy atom. The van der Waals surface area contributed by atoms with Gasteiger partial charge in [0.05, 0.1) is 30.5 Å². The van der Waals surface area contributed by atoms with Crippen LogP contribution in [-0.2, 0) is 15.8 Å². The molecule has 0 atom stereocenters. The normalized spacial score (nSPS) is 14.3. The third-order valence-electron chi connectivity index (χ3n) is 7.03. The van der Waals surface area contributed by atoms with Crippen molar-refractivity contribution in [2.45, 2.75) is 19.6 Å². The fraction of sp³-hybridized carbons (Fsp3) is 0.345. The van der Waals surface area contributed by atoms with E-state index in [2.05, 4.69) is 20.2 Å². The second-order valence-corrected chi connectivity index (χ2v) is 11.8. The maximum atomic E-state index is 13.5. The number of ether oxygens (including phenoxy) is 2. The van der Waals surface area contributed by atoms with E-state index in [1.54, 1.807) is 55.6 Å². The van der Waals surface area contributed by atoms with Crippen LogP contribution in [0.3, 0.4) is 0 Å². The molecule has 3 heterocycles. The van der Waals surface area contributed by atoms with Crippen molar-refractivity contribution in [2.75, 3.05) is 52.3 Å². The van der Waals surface area contributed by atoms with Gasteiger partial charge in [-0.1, -0.05) is 30.3 Å². The SMILES string of the molecule is CCOc1nc(Nc2ccc(C(=O)N3CCN(C)CC3)cc2OC)nc2c1c(C)cn2S(=O)(=O)Cc1ccccc1. The second-order valence-electron chi connectivity index (χ2n) is 9.97. The molecule has 0 spiro atoms. The third kappa shape index (κ3) is 5.98. The van der Waals surface area contributed by atoms with Crippen LogP contribution in [0.5, 0.6) is 11.6 Å². The van der Waals surface area contributed by atoms with E-state index < -0.39 is 10.0 Å². The number of anilines is 2. The van der Waals surface area contributed by atoms with Crippen LogP contribution >= 0.6 is 0 Å². The van der Waals surface area contributed by atoms with Crippen molar-refractivity contribution in [2.24, 2.45) is 0 Å². The fourth-order valence-corrected chi connectivity index (χ4v) is 6.31. The van der Waals surface area contributed by atoms with Crippen molar-refractivity contribution in [3.05, 3.63) is 71.4 Å². The van der Waals surface area contributed by atoms with E-state index in [1.165, 1.54) is 11.1 Å². The largest absolute Gasteiger partial charge is 0.495 e. The van der Waals surface area contributed by atoms with E-state index in [4.69, 9.17) is 9.47 Å². The number of carbonyl (C=O) groups excluding carboxylic acids is 1. The Morgan fingerprint density at radius 3 is 2.46 bits per heavy atom. The van der Waals surface area contributed by atoms with Crippen LogP contribution < -0.4 is 14.8 Å². The van der Waals surface area contributed by atoms with Crippen LogP contribution in [-0.4, -0.2) is 85.0 Å². The summed E-state index contributed by atoms with van der Waals surface area (Å²) in [6.07, 6.45) is 1.54. The number of hydrogen-bond donors (Lipinski definition) is 1. The zero-order valence-corrected chi connectivity index (χ0v) is 24.4. The lowest BCUT2D eigenvalue weighted by Gasteiger charge is -2.32. The lowest BCUT2D eigenvalue weighted by atomic mass is 10.1. The number of rotatable bonds is 9. The lowest BCUT2D eigenvalue weighted by Crippen LogP contribution is -2.47. The smallest absolute Gasteiger partial charge is 0.254 e. The van der Waals surface area contributed by atoms with Gasteiger partial charge in [-0.2, -0.15) is 9.97 Å². The maximum Gasteiger partial charge on any atom is 0.254 e. The zero-order valence-electron chi connectivity index (χ0n) is 23.6. The van der Waals surface area contributed by atoms with E-state index in [0.29, 0.717) is 53.2 Å². The number of aromatic nitrogens is 3. The van der Waals surface area contributed by atoms with Gasteiger partial charge in [0.25, 0.3) is 5.91 Å². The molecule has 2 aromatic heterocycles. The number of piperazine rings is 1. The van der Waals surface area contributed by atoms with Gasteiger partial charge >= 0.3 is 0 Å². The topological polar surface area (TPSA) is 119 Å². The van der Waals surface area contributed by atoms with E-state index in [-0.39, 0.29) is 29.1 Å². The molecule has 1 saturated heterocycles. The molecule has 4 aromatic rings. The minimum absolute atomic E-state index is 0.0591. The van der Waals surface area contributed by atoms with Gasteiger partial charge in [-0.05, 0) is 50.2 Å². The maximum absolute atomic E-state index is 13.5. The van der Waals surface area contributed by atoms with Gasteiger partial charge in [0.15, 0.2) is 5.65 Å². The Hall–Kier alpha value is -4.16. The number of amides is 1. The molecule has 0 saturated carbocycles. The summed E-state index contributed by atoms with van der Waals surface area (Å²) in [6.45, 7) is 6.95. The molecule has 1 fully saturated rings. The predicted octanol–water partition coefficient (Wildman–Crippen LogP) is 3.66. The van der Waals surface area contributed by atoms with Gasteiger partial charge in [0.1, 0.15) is 5.75 Å². The Kier molecular flexibility index (Phi) is 8.13. The fourth-order valence-electron chi connectivity index (χ4n) is 4.84. The number of carbonyl (C=O) groups is 1. The van der Waals surface area contributed by atoms with Crippen molar-refractivity contribution in [3.63, 3.8) is 0 Å². The summed E-state index contributed by atoms with van der Waals surface area (Å²) in [5.41, 5.74) is 2.59. The van der Waals surface area contributed by atoms with Crippen molar-refractivity contribution >= 4 is 38.6 Å². The molecule has 0 bridgehead atoms. The van der Waals surface area contributed by atoms with Gasteiger partial charge in [-0.3, -0.25) is 4.79 Å². The zero-order chi connectivity index (χ0) is 29.1. The first-order valence-electron chi connectivity index (χ1n) is 13.4. The van der Waals surface area contributed by atoms with E-state index >= 15 is 0 Å². The molecule has 1 N–H and O–H groups in total. The predicted molar refractivity (Wildman–Crippen MR) is 158 cm³/mol. The highest BCUT2D eigenvalue weighted by Crippen LogP contribution is 2.33. The number of aryl methyl sites for hydroxylation is 1. The quantitative estimate of drug-likeness (QED) is 0.317. The molecule has 0 unspecified atom stereocenters. The first-order chi connectivity index (χ1) is 19.7. The first-order valence-corrected chi connectivity index (χ1v) is 15.0. The molecule has 0 radical (unpaired) electrons. The summed E-state index contributed by atoms with van der Waals surface area (Å²) in [7, 11) is -0.250. The van der Waals surface area contributed by atoms with Gasteiger partial charge in [0.2, 0.25) is 21.9 Å². The Bertz CT molecular complexity index is 1660. The number of hydrogen-bond acceptors (Lipinski definition) is 9. The summed E-state index contributed by atoms with van der Waals surface area (Å²) < 4.78 is 39.6. The molecule has 2 aromatic carbocycles. The highest BCUT2D eigenvalue weighted by Gasteiger charge is 2.25. The number of fused-ring (bicyclic) bond motifs is 1. The second kappa shape index (κ2) is 11.8. The molecule has 0 aliphatic carbocycles.